The van der Waals surface area contributed by atoms with Crippen LogP contribution in [0.5, 0.6) is 0 Å². The number of urea groups is 1. The maximum atomic E-state index is 13.5. The van der Waals surface area contributed by atoms with Crippen LogP contribution in [0.15, 0.2) is 12.1 Å². The van der Waals surface area contributed by atoms with E-state index in [4.69, 9.17) is 16.7 Å². The number of likely N-dealkylation sites (N-methyl/N-ethyl adjacent to an activating group) is 1. The molecule has 0 aliphatic heterocycles. The first-order valence-corrected chi connectivity index (χ1v) is 8.17. The molecule has 1 fully saturated rings. The van der Waals surface area contributed by atoms with E-state index in [1.165, 1.54) is 12.1 Å². The van der Waals surface area contributed by atoms with Crippen molar-refractivity contribution in [3.63, 3.8) is 0 Å². The summed E-state index contributed by atoms with van der Waals surface area (Å²) in [6.45, 7) is 4.10. The summed E-state index contributed by atoms with van der Waals surface area (Å²) in [7, 11) is 0. The summed E-state index contributed by atoms with van der Waals surface area (Å²) in [6.07, 6.45) is 1.37. The Balaban J connectivity index is 1.85. The third kappa shape index (κ3) is 4.36. The van der Waals surface area contributed by atoms with Crippen molar-refractivity contribution < 1.29 is 19.1 Å². The SMILES string of the molecule is CCN(CC(=O)O)C1CC(NC(=O)Nc2c(Cl)ccc(F)c2C)C1. The summed E-state index contributed by atoms with van der Waals surface area (Å²) in [5.74, 6) is -1.30. The molecule has 132 valence electrons. The summed E-state index contributed by atoms with van der Waals surface area (Å²) < 4.78 is 13.5. The van der Waals surface area contributed by atoms with E-state index in [9.17, 15) is 14.0 Å². The number of nitrogens with one attached hydrogen (secondary N) is 2. The Hall–Kier alpha value is -1.86. The number of carboxylic acid groups (broad SMARTS) is 1. The number of carbonyl (C=O) groups is 2. The fourth-order valence-corrected chi connectivity index (χ4v) is 3.07. The van der Waals surface area contributed by atoms with E-state index in [0.29, 0.717) is 19.4 Å². The number of hydrogen-bond donors (Lipinski definition) is 3. The lowest BCUT2D eigenvalue weighted by Gasteiger charge is -2.42. The van der Waals surface area contributed by atoms with Crippen molar-refractivity contribution in [2.75, 3.05) is 18.4 Å². The second kappa shape index (κ2) is 7.81. The average molecular weight is 358 g/mol. The van der Waals surface area contributed by atoms with Crippen LogP contribution in [0.25, 0.3) is 0 Å². The minimum Gasteiger partial charge on any atom is -0.480 e. The highest BCUT2D eigenvalue weighted by Crippen LogP contribution is 2.28. The molecule has 0 bridgehead atoms. The minimum absolute atomic E-state index is 0.00181. The monoisotopic (exact) mass is 357 g/mol. The highest BCUT2D eigenvalue weighted by atomic mass is 35.5. The average Bonchev–Trinajstić information content (AvgIpc) is 2.48. The van der Waals surface area contributed by atoms with Gasteiger partial charge in [0.05, 0.1) is 17.3 Å². The Morgan fingerprint density at radius 1 is 1.42 bits per heavy atom. The first kappa shape index (κ1) is 18.5. The first-order valence-electron chi connectivity index (χ1n) is 7.79. The number of rotatable bonds is 6. The third-order valence-corrected chi connectivity index (χ3v) is 4.61. The molecule has 3 N–H and O–H groups in total. The molecule has 0 saturated heterocycles. The Morgan fingerprint density at radius 2 is 2.08 bits per heavy atom. The standard InChI is InChI=1S/C16H21ClFN3O3/c1-3-21(8-14(22)23)11-6-10(7-11)19-16(24)20-15-9(2)13(18)5-4-12(15)17/h4-5,10-11H,3,6-8H2,1-2H3,(H,22,23)(H2,19,20,24). The molecule has 0 radical (unpaired) electrons. The number of carboxylic acids is 1. The van der Waals surface area contributed by atoms with Crippen LogP contribution in [0.4, 0.5) is 14.9 Å². The van der Waals surface area contributed by atoms with E-state index < -0.39 is 17.8 Å². The van der Waals surface area contributed by atoms with Crippen LogP contribution in [-0.2, 0) is 4.79 Å². The fourth-order valence-electron chi connectivity index (χ4n) is 2.82. The van der Waals surface area contributed by atoms with Gasteiger partial charge >= 0.3 is 12.0 Å². The largest absolute Gasteiger partial charge is 0.480 e. The molecule has 1 saturated carbocycles. The van der Waals surface area contributed by atoms with Gasteiger partial charge in [-0.05, 0) is 38.4 Å². The lowest BCUT2D eigenvalue weighted by molar-refractivity contribution is -0.139. The van der Waals surface area contributed by atoms with Gasteiger partial charge < -0.3 is 15.7 Å². The van der Waals surface area contributed by atoms with E-state index in [-0.39, 0.29) is 34.9 Å². The topological polar surface area (TPSA) is 81.7 Å². The Kier molecular flexibility index (Phi) is 6.01. The molecule has 0 unspecified atom stereocenters. The second-order valence-electron chi connectivity index (χ2n) is 5.91. The molecule has 2 rings (SSSR count). The molecular weight excluding hydrogens is 337 g/mol. The van der Waals surface area contributed by atoms with Crippen LogP contribution in [-0.4, -0.2) is 47.2 Å². The number of carbonyl (C=O) groups excluding carboxylic acids is 1. The van der Waals surface area contributed by atoms with Crippen LogP contribution < -0.4 is 10.6 Å². The van der Waals surface area contributed by atoms with Gasteiger partial charge in [0, 0.05) is 17.6 Å². The van der Waals surface area contributed by atoms with Gasteiger partial charge in [-0.15, -0.1) is 0 Å². The van der Waals surface area contributed by atoms with Crippen LogP contribution >= 0.6 is 11.6 Å². The van der Waals surface area contributed by atoms with Gasteiger partial charge in [-0.1, -0.05) is 18.5 Å². The van der Waals surface area contributed by atoms with Gasteiger partial charge in [-0.3, -0.25) is 9.69 Å². The van der Waals surface area contributed by atoms with E-state index in [1.807, 2.05) is 11.8 Å². The maximum absolute atomic E-state index is 13.5. The van der Waals surface area contributed by atoms with E-state index >= 15 is 0 Å². The number of halogens is 2. The van der Waals surface area contributed by atoms with Gasteiger partial charge in [0.1, 0.15) is 5.82 Å². The lowest BCUT2D eigenvalue weighted by atomic mass is 9.85. The lowest BCUT2D eigenvalue weighted by Crippen LogP contribution is -2.55. The maximum Gasteiger partial charge on any atom is 0.319 e. The molecule has 1 aliphatic carbocycles. The minimum atomic E-state index is -0.859. The molecule has 8 heteroatoms. The number of amides is 2. The van der Waals surface area contributed by atoms with E-state index in [1.54, 1.807) is 6.92 Å². The fraction of sp³-hybridized carbons (Fsp3) is 0.500. The highest BCUT2D eigenvalue weighted by molar-refractivity contribution is 6.33. The molecule has 1 aliphatic rings. The zero-order valence-electron chi connectivity index (χ0n) is 13.6. The molecule has 0 spiro atoms. The number of nitrogens with zero attached hydrogens (tertiary/aromatic N) is 1. The summed E-state index contributed by atoms with van der Waals surface area (Å²) in [5, 5.41) is 14.5. The van der Waals surface area contributed by atoms with Gasteiger partial charge in [0.25, 0.3) is 0 Å². The summed E-state index contributed by atoms with van der Waals surface area (Å²) in [6, 6.07) is 2.31. The first-order chi connectivity index (χ1) is 11.3. The Bertz CT molecular complexity index is 635. The van der Waals surface area contributed by atoms with Crippen molar-refractivity contribution in [3.8, 4) is 0 Å². The molecule has 6 nitrogen and oxygen atoms in total. The molecule has 0 aromatic heterocycles. The van der Waals surface area contributed by atoms with Crippen molar-refractivity contribution in [1.82, 2.24) is 10.2 Å². The highest BCUT2D eigenvalue weighted by Gasteiger charge is 2.34. The Labute approximate surface area is 145 Å². The van der Waals surface area contributed by atoms with Crippen molar-refractivity contribution in [2.24, 2.45) is 0 Å². The molecule has 24 heavy (non-hydrogen) atoms. The number of aliphatic carboxylic acids is 1. The zero-order chi connectivity index (χ0) is 17.9. The van der Waals surface area contributed by atoms with E-state index in [0.717, 1.165) is 0 Å². The number of anilines is 1. The van der Waals surface area contributed by atoms with Crippen LogP contribution in [0, 0.1) is 12.7 Å². The second-order valence-corrected chi connectivity index (χ2v) is 6.31. The normalized spacial score (nSPS) is 19.7. The zero-order valence-corrected chi connectivity index (χ0v) is 14.4. The van der Waals surface area contributed by atoms with Crippen LogP contribution in [0.3, 0.4) is 0 Å². The summed E-state index contributed by atoms with van der Waals surface area (Å²) in [5.41, 5.74) is 0.536. The predicted molar refractivity (Wildman–Crippen MR) is 90.0 cm³/mol. The quantitative estimate of drug-likeness (QED) is 0.731. The molecule has 0 heterocycles. The van der Waals surface area contributed by atoms with Gasteiger partial charge in [0.2, 0.25) is 0 Å². The number of hydrogen-bond acceptors (Lipinski definition) is 3. The van der Waals surface area contributed by atoms with Crippen molar-refractivity contribution in [1.29, 1.82) is 0 Å². The van der Waals surface area contributed by atoms with Gasteiger partial charge in [0.15, 0.2) is 0 Å². The smallest absolute Gasteiger partial charge is 0.319 e. The van der Waals surface area contributed by atoms with Gasteiger partial charge in [-0.2, -0.15) is 0 Å². The molecule has 0 atom stereocenters. The number of benzene rings is 1. The molecule has 1 aromatic carbocycles. The van der Waals surface area contributed by atoms with Crippen LogP contribution in [0.2, 0.25) is 5.02 Å². The van der Waals surface area contributed by atoms with Crippen molar-refractivity contribution in [2.45, 2.75) is 38.8 Å². The molecular formula is C16H21ClFN3O3. The Morgan fingerprint density at radius 3 is 2.67 bits per heavy atom. The van der Waals surface area contributed by atoms with E-state index in [2.05, 4.69) is 10.6 Å². The summed E-state index contributed by atoms with van der Waals surface area (Å²) >= 11 is 5.99. The van der Waals surface area contributed by atoms with Crippen molar-refractivity contribution >= 4 is 29.3 Å². The predicted octanol–water partition coefficient (Wildman–Crippen LogP) is 2.85. The molecule has 1 aromatic rings. The van der Waals surface area contributed by atoms with Crippen molar-refractivity contribution in [3.05, 3.63) is 28.5 Å². The van der Waals surface area contributed by atoms with Crippen LogP contribution in [0.1, 0.15) is 25.3 Å². The summed E-state index contributed by atoms with van der Waals surface area (Å²) in [4.78, 5) is 24.7. The van der Waals surface area contributed by atoms with Gasteiger partial charge in [-0.25, -0.2) is 9.18 Å². The third-order valence-electron chi connectivity index (χ3n) is 4.30. The molecule has 2 amide bonds.